The second-order valence-electron chi connectivity index (χ2n) is 16.6. The second-order valence-corrected chi connectivity index (χ2v) is 16.6. The van der Waals surface area contributed by atoms with E-state index in [9.17, 15) is 37.9 Å². The van der Waals surface area contributed by atoms with Crippen molar-refractivity contribution in [2.24, 2.45) is 0 Å². The van der Waals surface area contributed by atoms with Gasteiger partial charge in [0.25, 0.3) is 11.8 Å². The summed E-state index contributed by atoms with van der Waals surface area (Å²) in [5.41, 5.74) is 5.26. The molecule has 0 saturated carbocycles. The Hall–Kier alpha value is -6.41. The topological polar surface area (TPSA) is 156 Å². The number of pyridine rings is 2. The largest absolute Gasteiger partial charge is 0.491 e. The van der Waals surface area contributed by atoms with Gasteiger partial charge in [0, 0.05) is 67.2 Å². The zero-order valence-electron chi connectivity index (χ0n) is 37.2. The average Bonchev–Trinajstić information content (AvgIpc) is 3.25. The number of ether oxygens (including phenoxy) is 2. The van der Waals surface area contributed by atoms with E-state index in [0.29, 0.717) is 63.0 Å². The van der Waals surface area contributed by atoms with Crippen molar-refractivity contribution in [2.75, 3.05) is 26.2 Å². The van der Waals surface area contributed by atoms with Crippen molar-refractivity contribution in [1.29, 1.82) is 0 Å². The Bertz CT molecular complexity index is 2390. The van der Waals surface area contributed by atoms with Gasteiger partial charge in [0.05, 0.1) is 37.1 Å². The number of aryl methyl sites for hydroxylation is 2. The first-order valence-corrected chi connectivity index (χ1v) is 21.5. The van der Waals surface area contributed by atoms with Crippen LogP contribution in [0.2, 0.25) is 0 Å². The molecule has 1 atom stereocenters. The molecule has 2 aliphatic heterocycles. The number of benzene rings is 2. The van der Waals surface area contributed by atoms with E-state index in [1.165, 1.54) is 24.5 Å². The first-order valence-electron chi connectivity index (χ1n) is 21.5. The van der Waals surface area contributed by atoms with Crippen LogP contribution in [0.15, 0.2) is 96.6 Å². The van der Waals surface area contributed by atoms with E-state index in [2.05, 4.69) is 9.97 Å². The van der Waals surface area contributed by atoms with Gasteiger partial charge in [-0.1, -0.05) is 11.1 Å². The first kappa shape index (κ1) is 48.6. The van der Waals surface area contributed by atoms with Gasteiger partial charge >= 0.3 is 0 Å². The quantitative estimate of drug-likeness (QED) is 0.0741. The molecule has 64 heavy (non-hydrogen) atoms. The lowest BCUT2D eigenvalue weighted by Gasteiger charge is -2.29. The number of rotatable bonds is 14. The monoisotopic (exact) mass is 878 g/mol. The van der Waals surface area contributed by atoms with Crippen LogP contribution in [0.1, 0.15) is 120 Å². The van der Waals surface area contributed by atoms with Crippen LogP contribution in [0.4, 0.5) is 8.78 Å². The Morgan fingerprint density at radius 2 is 1.09 bits per heavy atom. The van der Waals surface area contributed by atoms with Gasteiger partial charge in [-0.15, -0.1) is 0 Å². The lowest BCUT2D eigenvalue weighted by Crippen LogP contribution is -2.36. The highest BCUT2D eigenvalue weighted by Gasteiger charge is 2.24. The van der Waals surface area contributed by atoms with Crippen LogP contribution in [-0.4, -0.2) is 92.4 Å². The normalized spacial score (nSPS) is 14.4. The number of carbonyl (C=O) groups is 5. The fraction of sp³-hybridized carbons (Fsp3) is 0.380. The summed E-state index contributed by atoms with van der Waals surface area (Å²) < 4.78 is 37.9. The van der Waals surface area contributed by atoms with Crippen LogP contribution in [-0.2, 0) is 9.59 Å². The highest BCUT2D eigenvalue weighted by Crippen LogP contribution is 2.26. The Balaban J connectivity index is 0.000000241. The summed E-state index contributed by atoms with van der Waals surface area (Å²) in [6.07, 6.45) is 8.57. The molecule has 2 aromatic heterocycles. The van der Waals surface area contributed by atoms with Crippen LogP contribution in [0.5, 0.6) is 11.5 Å². The van der Waals surface area contributed by atoms with Gasteiger partial charge in [-0.2, -0.15) is 0 Å². The van der Waals surface area contributed by atoms with Gasteiger partial charge < -0.3 is 24.4 Å². The van der Waals surface area contributed by atoms with Gasteiger partial charge in [0.2, 0.25) is 0 Å². The number of nitrogens with zero attached hydrogens (tertiary/aromatic N) is 4. The number of allylic oxidation sites excluding steroid dienone is 2. The number of aromatic nitrogens is 2. The number of likely N-dealkylation sites (tertiary alicyclic amines) is 2. The maximum Gasteiger partial charge on any atom is 0.253 e. The van der Waals surface area contributed by atoms with E-state index in [1.807, 2.05) is 65.8 Å². The number of ketones is 3. The Morgan fingerprint density at radius 1 is 0.641 bits per heavy atom. The van der Waals surface area contributed by atoms with Gasteiger partial charge in [-0.3, -0.25) is 33.9 Å². The molecule has 338 valence electrons. The number of halogens is 2. The van der Waals surface area contributed by atoms with Crippen LogP contribution >= 0.6 is 0 Å². The molecule has 2 saturated heterocycles. The molecule has 2 amide bonds. The van der Waals surface area contributed by atoms with Crippen LogP contribution in [0.3, 0.4) is 0 Å². The molecule has 14 heteroatoms. The molecule has 0 bridgehead atoms. The number of Topliss-reactive ketones (excluding diaryl/α,β-unsaturated/α-hetero) is 1. The van der Waals surface area contributed by atoms with Crippen LogP contribution < -0.4 is 9.47 Å². The Labute approximate surface area is 373 Å². The van der Waals surface area contributed by atoms with Crippen molar-refractivity contribution >= 4 is 29.2 Å². The summed E-state index contributed by atoms with van der Waals surface area (Å²) in [7, 11) is 0. The highest BCUT2D eigenvalue weighted by molar-refractivity contribution is 6.11. The number of hydrogen-bond acceptors (Lipinski definition) is 10. The molecule has 4 aromatic rings. The van der Waals surface area contributed by atoms with Gasteiger partial charge in [-0.05, 0) is 139 Å². The number of aliphatic hydroxyl groups is 1. The van der Waals surface area contributed by atoms with Crippen molar-refractivity contribution in [3.05, 3.63) is 142 Å². The number of hydrogen-bond donors (Lipinski definition) is 1. The predicted molar refractivity (Wildman–Crippen MR) is 237 cm³/mol. The number of carbonyl (C=O) groups excluding carboxylic acids is 5. The molecule has 1 unspecified atom stereocenters. The summed E-state index contributed by atoms with van der Waals surface area (Å²) >= 11 is 0. The van der Waals surface area contributed by atoms with Gasteiger partial charge in [-0.25, -0.2) is 8.78 Å². The third-order valence-electron chi connectivity index (χ3n) is 10.6. The molecular weight excluding hydrogens is 823 g/mol. The maximum atomic E-state index is 13.2. The van der Waals surface area contributed by atoms with E-state index in [4.69, 9.17) is 9.47 Å². The first-order chi connectivity index (χ1) is 30.4. The molecule has 2 fully saturated rings. The van der Waals surface area contributed by atoms with Crippen molar-refractivity contribution in [3.63, 3.8) is 0 Å². The lowest BCUT2D eigenvalue weighted by atomic mass is 9.99. The molecule has 0 radical (unpaired) electrons. The zero-order valence-corrected chi connectivity index (χ0v) is 37.2. The molecule has 0 spiro atoms. The molecule has 12 nitrogen and oxygen atoms in total. The Kier molecular flexibility index (Phi) is 17.3. The third kappa shape index (κ3) is 14.3. The summed E-state index contributed by atoms with van der Waals surface area (Å²) in [5.74, 6) is -0.743. The summed E-state index contributed by atoms with van der Waals surface area (Å²) in [4.78, 5) is 73.3. The molecule has 0 aliphatic carbocycles. The average molecular weight is 879 g/mol. The highest BCUT2D eigenvalue weighted by atomic mass is 19.1. The summed E-state index contributed by atoms with van der Waals surface area (Å²) in [5, 5.41) is 10.2. The molecule has 6 rings (SSSR count). The van der Waals surface area contributed by atoms with Gasteiger partial charge in [0.15, 0.2) is 17.3 Å². The predicted octanol–water partition coefficient (Wildman–Crippen LogP) is 8.49. The molecule has 2 aromatic carbocycles. The van der Waals surface area contributed by atoms with Crippen LogP contribution in [0, 0.1) is 25.5 Å². The van der Waals surface area contributed by atoms with Gasteiger partial charge in [0.1, 0.15) is 23.1 Å². The lowest BCUT2D eigenvalue weighted by molar-refractivity contribution is -0.116. The molecule has 2 aliphatic rings. The van der Waals surface area contributed by atoms with Crippen LogP contribution in [0.25, 0.3) is 0 Å². The third-order valence-corrected chi connectivity index (χ3v) is 10.6. The zero-order chi connectivity index (χ0) is 46.5. The summed E-state index contributed by atoms with van der Waals surface area (Å²) in [6, 6.07) is 13.1. The minimum absolute atomic E-state index is 0.0383. The number of amides is 2. The minimum atomic E-state index is -1.10. The number of aliphatic hydroxyl groups excluding tert-OH is 1. The van der Waals surface area contributed by atoms with Crippen molar-refractivity contribution < 1.29 is 47.3 Å². The minimum Gasteiger partial charge on any atom is -0.491 e. The van der Waals surface area contributed by atoms with E-state index < -0.39 is 23.5 Å². The fourth-order valence-corrected chi connectivity index (χ4v) is 7.29. The SMILES string of the molecule is Cc1cc(C(=O)N2CCC(=CC(=O)CC(=O)c3cncc(F)c3)CC2)ccc1OC(C)C.Cc1cc(C(=O)N2CCC(=CC(=O)CC(O)c3cncc(F)c3)CC2)ccc1OC(C)C. The van der Waals surface area contributed by atoms with E-state index in [-0.39, 0.29) is 59.6 Å². The van der Waals surface area contributed by atoms with E-state index >= 15 is 0 Å². The van der Waals surface area contributed by atoms with Crippen molar-refractivity contribution in [2.45, 2.75) is 98.4 Å². The number of piperidine rings is 2. The van der Waals surface area contributed by atoms with Crippen molar-refractivity contribution in [1.82, 2.24) is 19.8 Å². The smallest absolute Gasteiger partial charge is 0.253 e. The second kappa shape index (κ2) is 22.8. The Morgan fingerprint density at radius 3 is 1.53 bits per heavy atom. The van der Waals surface area contributed by atoms with E-state index in [0.717, 1.165) is 52.2 Å². The fourth-order valence-electron chi connectivity index (χ4n) is 7.29. The molecule has 1 N–H and O–H groups in total. The summed E-state index contributed by atoms with van der Waals surface area (Å²) in [6.45, 7) is 13.7. The van der Waals surface area contributed by atoms with E-state index in [1.54, 1.807) is 28.0 Å². The van der Waals surface area contributed by atoms with Crippen molar-refractivity contribution in [3.8, 4) is 11.5 Å². The molecular formula is C50H56F2N4O8. The standard InChI is InChI=1S/C25H29FN2O4.C25H27FN2O4/c2*1-16(2)32-24-5-4-19(10-17(24)3)25(31)28-8-6-18(7-9-28)11-22(29)13-23(30)20-12-21(26)15-27-14-20/h4-5,10-12,14-16,23,30H,6-9,13H2,1-3H3;4-5,10-12,14-16H,6-9,13H2,1-3H3. The maximum absolute atomic E-state index is 13.2. The molecule has 4 heterocycles.